The van der Waals surface area contributed by atoms with Crippen molar-refractivity contribution in [3.05, 3.63) is 30.1 Å². The lowest BCUT2D eigenvalue weighted by Gasteiger charge is -2.25. The summed E-state index contributed by atoms with van der Waals surface area (Å²) in [5.74, 6) is 0.525. The zero-order valence-electron chi connectivity index (χ0n) is 7.69. The highest BCUT2D eigenvalue weighted by Crippen LogP contribution is 2.32. The number of nitrogens with zero attached hydrogens (tertiary/aromatic N) is 1. The van der Waals surface area contributed by atoms with E-state index < -0.39 is 0 Å². The zero-order chi connectivity index (χ0) is 9.10. The molecular weight excluding hydrogens is 162 g/mol. The summed E-state index contributed by atoms with van der Waals surface area (Å²) in [5, 5.41) is 9.52. The van der Waals surface area contributed by atoms with Crippen LogP contribution in [0.15, 0.2) is 24.5 Å². The fourth-order valence-corrected chi connectivity index (χ4v) is 2.08. The summed E-state index contributed by atoms with van der Waals surface area (Å²) in [6.45, 7) is 0. The van der Waals surface area contributed by atoms with Gasteiger partial charge in [0.25, 0.3) is 0 Å². The Hall–Kier alpha value is -0.890. The van der Waals surface area contributed by atoms with E-state index in [1.807, 2.05) is 12.3 Å². The van der Waals surface area contributed by atoms with Crippen LogP contribution in [0.2, 0.25) is 0 Å². The van der Waals surface area contributed by atoms with Crippen molar-refractivity contribution >= 4 is 0 Å². The minimum absolute atomic E-state index is 0.0982. The Morgan fingerprint density at radius 3 is 3.00 bits per heavy atom. The highest BCUT2D eigenvalue weighted by atomic mass is 16.3. The highest BCUT2D eigenvalue weighted by molar-refractivity contribution is 5.15. The van der Waals surface area contributed by atoms with Gasteiger partial charge in [-0.15, -0.1) is 0 Å². The van der Waals surface area contributed by atoms with Gasteiger partial charge < -0.3 is 5.11 Å². The lowest BCUT2D eigenvalue weighted by atomic mass is 9.83. The fourth-order valence-electron chi connectivity index (χ4n) is 2.08. The average Bonchev–Trinajstić information content (AvgIpc) is 2.19. The van der Waals surface area contributed by atoms with E-state index in [1.54, 1.807) is 6.20 Å². The first-order valence-corrected chi connectivity index (χ1v) is 4.94. The Balaban J connectivity index is 2.08. The molecule has 13 heavy (non-hydrogen) atoms. The second-order valence-corrected chi connectivity index (χ2v) is 3.80. The Kier molecular flexibility index (Phi) is 2.60. The van der Waals surface area contributed by atoms with Crippen LogP contribution in [-0.4, -0.2) is 16.2 Å². The summed E-state index contributed by atoms with van der Waals surface area (Å²) >= 11 is 0. The summed E-state index contributed by atoms with van der Waals surface area (Å²) < 4.78 is 0. The minimum atomic E-state index is -0.0982. The second kappa shape index (κ2) is 3.88. The van der Waals surface area contributed by atoms with Gasteiger partial charge >= 0.3 is 0 Å². The molecule has 2 heteroatoms. The molecule has 0 radical (unpaired) electrons. The average molecular weight is 177 g/mol. The van der Waals surface area contributed by atoms with Crippen molar-refractivity contribution in [3.8, 4) is 0 Å². The molecule has 1 fully saturated rings. The van der Waals surface area contributed by atoms with Gasteiger partial charge in [-0.05, 0) is 36.8 Å². The molecule has 1 aliphatic rings. The van der Waals surface area contributed by atoms with Crippen LogP contribution >= 0.6 is 0 Å². The molecule has 1 aromatic heterocycles. The molecule has 0 aromatic carbocycles. The third-order valence-electron chi connectivity index (χ3n) is 2.80. The summed E-state index contributed by atoms with van der Waals surface area (Å²) in [4.78, 5) is 4.10. The number of pyridine rings is 1. The molecule has 0 unspecified atom stereocenters. The first kappa shape index (κ1) is 8.70. The normalized spacial score (nSPS) is 28.7. The molecule has 1 aliphatic carbocycles. The molecule has 0 aliphatic heterocycles. The van der Waals surface area contributed by atoms with E-state index in [4.69, 9.17) is 0 Å². The molecule has 0 bridgehead atoms. The van der Waals surface area contributed by atoms with E-state index in [0.717, 1.165) is 19.3 Å². The van der Waals surface area contributed by atoms with Crippen LogP contribution in [-0.2, 0) is 0 Å². The van der Waals surface area contributed by atoms with E-state index in [9.17, 15) is 5.11 Å². The maximum atomic E-state index is 9.52. The van der Waals surface area contributed by atoms with Crippen LogP contribution in [0.3, 0.4) is 0 Å². The first-order chi connectivity index (χ1) is 6.36. The number of hydrogen-bond donors (Lipinski definition) is 1. The largest absolute Gasteiger partial charge is 0.393 e. The van der Waals surface area contributed by atoms with Crippen molar-refractivity contribution in [2.75, 3.05) is 0 Å². The van der Waals surface area contributed by atoms with E-state index >= 15 is 0 Å². The maximum absolute atomic E-state index is 9.52. The lowest BCUT2D eigenvalue weighted by Crippen LogP contribution is -2.18. The Bertz CT molecular complexity index is 260. The predicted molar refractivity (Wildman–Crippen MR) is 51.5 cm³/mol. The SMILES string of the molecule is O[C@H]1CCC[C@H](c2cccnc2)C1. The molecular formula is C11H15NO. The molecule has 2 atom stereocenters. The van der Waals surface area contributed by atoms with Gasteiger partial charge in [-0.25, -0.2) is 0 Å². The van der Waals surface area contributed by atoms with Gasteiger partial charge in [0.15, 0.2) is 0 Å². The molecule has 0 saturated heterocycles. The standard InChI is InChI=1S/C11H15NO/c13-11-5-1-3-9(7-11)10-4-2-6-12-8-10/h2,4,6,8-9,11,13H,1,3,5,7H2/t9-,11-/m0/s1. The fraction of sp³-hybridized carbons (Fsp3) is 0.545. The highest BCUT2D eigenvalue weighted by Gasteiger charge is 2.21. The van der Waals surface area contributed by atoms with Crippen molar-refractivity contribution in [1.29, 1.82) is 0 Å². The smallest absolute Gasteiger partial charge is 0.0546 e. The van der Waals surface area contributed by atoms with Crippen LogP contribution < -0.4 is 0 Å². The third-order valence-corrected chi connectivity index (χ3v) is 2.80. The number of rotatable bonds is 1. The molecule has 2 nitrogen and oxygen atoms in total. The quantitative estimate of drug-likeness (QED) is 0.712. The molecule has 1 N–H and O–H groups in total. The van der Waals surface area contributed by atoms with E-state index in [-0.39, 0.29) is 6.10 Å². The lowest BCUT2D eigenvalue weighted by molar-refractivity contribution is 0.119. The van der Waals surface area contributed by atoms with E-state index in [1.165, 1.54) is 12.0 Å². The molecule has 0 spiro atoms. The van der Waals surface area contributed by atoms with Crippen LogP contribution in [0.4, 0.5) is 0 Å². The maximum Gasteiger partial charge on any atom is 0.0546 e. The summed E-state index contributed by atoms with van der Waals surface area (Å²) in [5.41, 5.74) is 1.28. The van der Waals surface area contributed by atoms with Crippen molar-refractivity contribution in [2.24, 2.45) is 0 Å². The van der Waals surface area contributed by atoms with E-state index in [2.05, 4.69) is 11.1 Å². The topological polar surface area (TPSA) is 33.1 Å². The zero-order valence-corrected chi connectivity index (χ0v) is 7.69. The summed E-state index contributed by atoms with van der Waals surface area (Å²) in [7, 11) is 0. The monoisotopic (exact) mass is 177 g/mol. The third kappa shape index (κ3) is 2.07. The molecule has 70 valence electrons. The number of hydrogen-bond acceptors (Lipinski definition) is 2. The molecule has 1 saturated carbocycles. The second-order valence-electron chi connectivity index (χ2n) is 3.80. The van der Waals surface area contributed by atoms with Crippen molar-refractivity contribution in [3.63, 3.8) is 0 Å². The van der Waals surface area contributed by atoms with Gasteiger partial charge in [-0.2, -0.15) is 0 Å². The molecule has 0 amide bonds. The van der Waals surface area contributed by atoms with Gasteiger partial charge in [-0.1, -0.05) is 12.5 Å². The van der Waals surface area contributed by atoms with Crippen molar-refractivity contribution in [2.45, 2.75) is 37.7 Å². The minimum Gasteiger partial charge on any atom is -0.393 e. The number of aliphatic hydroxyl groups is 1. The molecule has 1 aromatic rings. The van der Waals surface area contributed by atoms with Crippen LogP contribution in [0.25, 0.3) is 0 Å². The van der Waals surface area contributed by atoms with Gasteiger partial charge in [0.2, 0.25) is 0 Å². The van der Waals surface area contributed by atoms with Crippen LogP contribution in [0.5, 0.6) is 0 Å². The Morgan fingerprint density at radius 2 is 2.31 bits per heavy atom. The Labute approximate surface area is 78.6 Å². The summed E-state index contributed by atoms with van der Waals surface area (Å²) in [6.07, 6.45) is 7.83. The van der Waals surface area contributed by atoms with Gasteiger partial charge in [0, 0.05) is 12.4 Å². The van der Waals surface area contributed by atoms with Gasteiger partial charge in [0.1, 0.15) is 0 Å². The number of aromatic nitrogens is 1. The van der Waals surface area contributed by atoms with Crippen LogP contribution in [0.1, 0.15) is 37.2 Å². The van der Waals surface area contributed by atoms with Gasteiger partial charge in [-0.3, -0.25) is 4.98 Å². The van der Waals surface area contributed by atoms with Crippen molar-refractivity contribution < 1.29 is 5.11 Å². The summed E-state index contributed by atoms with van der Waals surface area (Å²) in [6, 6.07) is 4.08. The van der Waals surface area contributed by atoms with E-state index in [0.29, 0.717) is 5.92 Å². The Morgan fingerprint density at radius 1 is 1.38 bits per heavy atom. The van der Waals surface area contributed by atoms with Crippen LogP contribution in [0, 0.1) is 0 Å². The predicted octanol–water partition coefficient (Wildman–Crippen LogP) is 2.10. The molecule has 2 rings (SSSR count). The first-order valence-electron chi connectivity index (χ1n) is 4.94. The molecule has 1 heterocycles. The van der Waals surface area contributed by atoms with Gasteiger partial charge in [0.05, 0.1) is 6.10 Å². The number of aliphatic hydroxyl groups excluding tert-OH is 1. The van der Waals surface area contributed by atoms with Crippen molar-refractivity contribution in [1.82, 2.24) is 4.98 Å².